The summed E-state index contributed by atoms with van der Waals surface area (Å²) in [5.74, 6) is -0.201. The van der Waals surface area contributed by atoms with Crippen LogP contribution in [0.1, 0.15) is 36.7 Å². The molecule has 0 spiro atoms. The average Bonchev–Trinajstić information content (AvgIpc) is 2.62. The second-order valence-electron chi connectivity index (χ2n) is 7.43. The van der Waals surface area contributed by atoms with Gasteiger partial charge >= 0.3 is 0 Å². The SMILES string of the molecule is CC(C)(C)c1ccc(C(=O)Nc2ccc(N3CCOCC3=O)cc2)cc1. The number of anilines is 2. The number of hydrogen-bond donors (Lipinski definition) is 1. The van der Waals surface area contributed by atoms with Crippen LogP contribution in [0.4, 0.5) is 11.4 Å². The molecule has 5 heteroatoms. The summed E-state index contributed by atoms with van der Waals surface area (Å²) in [7, 11) is 0. The fraction of sp³-hybridized carbons (Fsp3) is 0.333. The summed E-state index contributed by atoms with van der Waals surface area (Å²) < 4.78 is 5.14. The molecule has 1 fully saturated rings. The summed E-state index contributed by atoms with van der Waals surface area (Å²) in [6.45, 7) is 7.62. The van der Waals surface area contributed by atoms with E-state index in [9.17, 15) is 9.59 Å². The Morgan fingerprint density at radius 1 is 1.04 bits per heavy atom. The molecule has 0 saturated carbocycles. The van der Waals surface area contributed by atoms with Crippen molar-refractivity contribution in [1.82, 2.24) is 0 Å². The van der Waals surface area contributed by atoms with E-state index >= 15 is 0 Å². The molecule has 2 amide bonds. The number of nitrogens with one attached hydrogen (secondary N) is 1. The van der Waals surface area contributed by atoms with Crippen molar-refractivity contribution >= 4 is 23.2 Å². The number of rotatable bonds is 3. The van der Waals surface area contributed by atoms with Crippen molar-refractivity contribution in [3.8, 4) is 0 Å². The van der Waals surface area contributed by atoms with Crippen molar-refractivity contribution in [1.29, 1.82) is 0 Å². The predicted molar refractivity (Wildman–Crippen MR) is 103 cm³/mol. The van der Waals surface area contributed by atoms with Crippen molar-refractivity contribution in [3.05, 3.63) is 59.7 Å². The number of carbonyl (C=O) groups excluding carboxylic acids is 2. The van der Waals surface area contributed by atoms with Gasteiger partial charge in [0.05, 0.1) is 6.61 Å². The number of benzene rings is 2. The third kappa shape index (κ3) is 4.11. The Bertz CT molecular complexity index is 790. The van der Waals surface area contributed by atoms with Crippen molar-refractivity contribution in [2.45, 2.75) is 26.2 Å². The van der Waals surface area contributed by atoms with E-state index in [1.54, 1.807) is 17.0 Å². The van der Waals surface area contributed by atoms with Crippen molar-refractivity contribution in [2.75, 3.05) is 30.0 Å². The lowest BCUT2D eigenvalue weighted by Gasteiger charge is -2.26. The number of ether oxygens (including phenoxy) is 1. The Morgan fingerprint density at radius 2 is 1.69 bits per heavy atom. The van der Waals surface area contributed by atoms with Crippen molar-refractivity contribution in [3.63, 3.8) is 0 Å². The molecule has 1 aliphatic rings. The predicted octanol–water partition coefficient (Wildman–Crippen LogP) is 3.60. The first kappa shape index (κ1) is 18.1. The standard InChI is InChI=1S/C21H24N2O3/c1-21(2,3)16-6-4-15(5-7-16)20(25)22-17-8-10-18(11-9-17)23-12-13-26-14-19(23)24/h4-11H,12-14H2,1-3H3,(H,22,25). The average molecular weight is 352 g/mol. The molecule has 2 aromatic carbocycles. The van der Waals surface area contributed by atoms with E-state index in [-0.39, 0.29) is 23.8 Å². The van der Waals surface area contributed by atoms with Crippen LogP contribution in [0.15, 0.2) is 48.5 Å². The Labute approximate surface area is 154 Å². The number of morpholine rings is 1. The Hall–Kier alpha value is -2.66. The summed E-state index contributed by atoms with van der Waals surface area (Å²) in [5, 5.41) is 2.89. The minimum absolute atomic E-state index is 0.0491. The molecule has 0 radical (unpaired) electrons. The van der Waals surface area contributed by atoms with Gasteiger partial charge in [0, 0.05) is 23.5 Å². The third-order valence-electron chi connectivity index (χ3n) is 4.44. The Balaban J connectivity index is 1.67. The van der Waals surface area contributed by atoms with Crippen LogP contribution in [0.2, 0.25) is 0 Å². The highest BCUT2D eigenvalue weighted by Gasteiger charge is 2.20. The molecular weight excluding hydrogens is 328 g/mol. The van der Waals surface area contributed by atoms with Crippen LogP contribution in [0.25, 0.3) is 0 Å². The van der Waals surface area contributed by atoms with Crippen LogP contribution in [0.3, 0.4) is 0 Å². The Morgan fingerprint density at radius 3 is 2.27 bits per heavy atom. The van der Waals surface area contributed by atoms with Gasteiger partial charge in [-0.25, -0.2) is 0 Å². The molecule has 26 heavy (non-hydrogen) atoms. The summed E-state index contributed by atoms with van der Waals surface area (Å²) in [6.07, 6.45) is 0. The van der Waals surface area contributed by atoms with Gasteiger partial charge in [-0.15, -0.1) is 0 Å². The number of nitrogens with zero attached hydrogens (tertiary/aromatic N) is 1. The fourth-order valence-corrected chi connectivity index (χ4v) is 2.84. The van der Waals surface area contributed by atoms with Crippen LogP contribution in [0, 0.1) is 0 Å². The molecule has 1 aliphatic heterocycles. The number of carbonyl (C=O) groups is 2. The van der Waals surface area contributed by atoms with Gasteiger partial charge in [-0.1, -0.05) is 32.9 Å². The van der Waals surface area contributed by atoms with Gasteiger partial charge < -0.3 is 15.0 Å². The van der Waals surface area contributed by atoms with Crippen LogP contribution >= 0.6 is 0 Å². The van der Waals surface area contributed by atoms with Gasteiger partial charge in [0.2, 0.25) is 0 Å². The summed E-state index contributed by atoms with van der Waals surface area (Å²) >= 11 is 0. The molecule has 2 aromatic rings. The summed E-state index contributed by atoms with van der Waals surface area (Å²) in [4.78, 5) is 26.0. The van der Waals surface area contributed by atoms with Crippen molar-refractivity contribution in [2.24, 2.45) is 0 Å². The maximum Gasteiger partial charge on any atom is 0.255 e. The highest BCUT2D eigenvalue weighted by molar-refractivity contribution is 6.04. The maximum absolute atomic E-state index is 12.4. The van der Waals surface area contributed by atoms with Crippen LogP contribution in [-0.2, 0) is 14.9 Å². The van der Waals surface area contributed by atoms with Crippen LogP contribution in [-0.4, -0.2) is 31.6 Å². The molecule has 0 unspecified atom stereocenters. The van der Waals surface area contributed by atoms with E-state index in [1.807, 2.05) is 36.4 Å². The van der Waals surface area contributed by atoms with Gasteiger partial charge in [-0.3, -0.25) is 9.59 Å². The molecule has 0 bridgehead atoms. The Kier molecular flexibility index (Phi) is 5.09. The molecule has 1 heterocycles. The zero-order chi connectivity index (χ0) is 18.7. The lowest BCUT2D eigenvalue weighted by molar-refractivity contribution is -0.125. The fourth-order valence-electron chi connectivity index (χ4n) is 2.84. The third-order valence-corrected chi connectivity index (χ3v) is 4.44. The molecule has 0 aliphatic carbocycles. The number of amides is 2. The second-order valence-corrected chi connectivity index (χ2v) is 7.43. The van der Waals surface area contributed by atoms with Gasteiger partial charge in [0.15, 0.2) is 0 Å². The quantitative estimate of drug-likeness (QED) is 0.918. The normalized spacial score (nSPS) is 15.0. The molecule has 136 valence electrons. The first-order valence-electron chi connectivity index (χ1n) is 8.75. The second kappa shape index (κ2) is 7.30. The number of hydrogen-bond acceptors (Lipinski definition) is 3. The van der Waals surface area contributed by atoms with Crippen LogP contribution in [0.5, 0.6) is 0 Å². The van der Waals surface area contributed by atoms with E-state index in [4.69, 9.17) is 4.74 Å². The van der Waals surface area contributed by atoms with Crippen LogP contribution < -0.4 is 10.2 Å². The zero-order valence-electron chi connectivity index (χ0n) is 15.4. The molecule has 0 aromatic heterocycles. The van der Waals surface area contributed by atoms with E-state index in [1.165, 1.54) is 5.56 Å². The molecule has 0 atom stereocenters. The highest BCUT2D eigenvalue weighted by Crippen LogP contribution is 2.23. The van der Waals surface area contributed by atoms with Gasteiger partial charge in [0.25, 0.3) is 11.8 Å². The van der Waals surface area contributed by atoms with Crippen molar-refractivity contribution < 1.29 is 14.3 Å². The molecular formula is C21H24N2O3. The minimum Gasteiger partial charge on any atom is -0.370 e. The topological polar surface area (TPSA) is 58.6 Å². The largest absolute Gasteiger partial charge is 0.370 e. The van der Waals surface area contributed by atoms with E-state index in [0.29, 0.717) is 24.4 Å². The summed E-state index contributed by atoms with van der Waals surface area (Å²) in [6, 6.07) is 14.9. The minimum atomic E-state index is -0.152. The summed E-state index contributed by atoms with van der Waals surface area (Å²) in [5.41, 5.74) is 3.37. The van der Waals surface area contributed by atoms with E-state index in [2.05, 4.69) is 26.1 Å². The first-order chi connectivity index (χ1) is 12.3. The van der Waals surface area contributed by atoms with E-state index < -0.39 is 0 Å². The molecule has 5 nitrogen and oxygen atoms in total. The van der Waals surface area contributed by atoms with Gasteiger partial charge in [-0.2, -0.15) is 0 Å². The van der Waals surface area contributed by atoms with Gasteiger partial charge in [0.1, 0.15) is 6.61 Å². The first-order valence-corrected chi connectivity index (χ1v) is 8.75. The molecule has 1 N–H and O–H groups in total. The van der Waals surface area contributed by atoms with E-state index in [0.717, 1.165) is 5.69 Å². The highest BCUT2D eigenvalue weighted by atomic mass is 16.5. The molecule has 3 rings (SSSR count). The lowest BCUT2D eigenvalue weighted by Crippen LogP contribution is -2.41. The zero-order valence-corrected chi connectivity index (χ0v) is 15.4. The van der Waals surface area contributed by atoms with Gasteiger partial charge in [-0.05, 0) is 47.4 Å². The smallest absolute Gasteiger partial charge is 0.255 e. The lowest BCUT2D eigenvalue weighted by atomic mass is 9.87. The molecule has 1 saturated heterocycles. The monoisotopic (exact) mass is 352 g/mol. The maximum atomic E-state index is 12.4.